The van der Waals surface area contributed by atoms with Crippen molar-refractivity contribution >= 4 is 0 Å². The molecular weight excluding hydrogens is 230 g/mol. The molecule has 1 heteroatoms. The number of hydrogen-bond acceptors (Lipinski definition) is 1. The molecule has 104 valence electrons. The Morgan fingerprint density at radius 2 is 1.89 bits per heavy atom. The molecule has 0 aromatic heterocycles. The van der Waals surface area contributed by atoms with Gasteiger partial charge in [0.05, 0.1) is 0 Å². The largest absolute Gasteiger partial charge is 0.307 e. The van der Waals surface area contributed by atoms with Gasteiger partial charge in [-0.2, -0.15) is 0 Å². The molecule has 0 heterocycles. The Kier molecular flexibility index (Phi) is 3.66. The summed E-state index contributed by atoms with van der Waals surface area (Å²) in [5, 5.41) is 3.87. The lowest BCUT2D eigenvalue weighted by atomic mass is 9.96. The molecule has 0 bridgehead atoms. The van der Waals surface area contributed by atoms with E-state index in [0.717, 1.165) is 11.8 Å². The van der Waals surface area contributed by atoms with E-state index in [9.17, 15) is 0 Å². The summed E-state index contributed by atoms with van der Waals surface area (Å²) in [5.41, 5.74) is 4.66. The predicted molar refractivity (Wildman–Crippen MR) is 81.4 cm³/mol. The van der Waals surface area contributed by atoms with E-state index >= 15 is 0 Å². The Bertz CT molecular complexity index is 451. The predicted octanol–water partition coefficient (Wildman–Crippen LogP) is 4.26. The van der Waals surface area contributed by atoms with Gasteiger partial charge in [0, 0.05) is 12.1 Å². The van der Waals surface area contributed by atoms with Crippen molar-refractivity contribution in [1.82, 2.24) is 5.32 Å². The number of fused-ring (bicyclic) bond motifs is 1. The molecule has 0 saturated heterocycles. The van der Waals surface area contributed by atoms with Gasteiger partial charge in [-0.3, -0.25) is 0 Å². The normalized spacial score (nSPS) is 31.4. The summed E-state index contributed by atoms with van der Waals surface area (Å²) in [6.45, 7) is 7.13. The third kappa shape index (κ3) is 2.58. The van der Waals surface area contributed by atoms with Crippen molar-refractivity contribution in [2.75, 3.05) is 0 Å². The molecule has 0 spiro atoms. The molecule has 0 amide bonds. The van der Waals surface area contributed by atoms with Gasteiger partial charge in [-0.25, -0.2) is 0 Å². The summed E-state index contributed by atoms with van der Waals surface area (Å²) >= 11 is 0. The summed E-state index contributed by atoms with van der Waals surface area (Å²) in [7, 11) is 0. The third-order valence-corrected chi connectivity index (χ3v) is 5.55. The van der Waals surface area contributed by atoms with Crippen molar-refractivity contribution in [2.45, 2.75) is 65.0 Å². The van der Waals surface area contributed by atoms with Crippen LogP contribution in [-0.4, -0.2) is 6.04 Å². The molecule has 1 aromatic rings. The Balaban J connectivity index is 1.69. The summed E-state index contributed by atoms with van der Waals surface area (Å²) in [5.74, 6) is 1.70. The van der Waals surface area contributed by atoms with Crippen LogP contribution < -0.4 is 5.32 Å². The van der Waals surface area contributed by atoms with E-state index < -0.39 is 0 Å². The van der Waals surface area contributed by atoms with Crippen LogP contribution >= 0.6 is 0 Å². The van der Waals surface area contributed by atoms with Crippen LogP contribution in [0.4, 0.5) is 0 Å². The van der Waals surface area contributed by atoms with E-state index in [2.05, 4.69) is 44.3 Å². The molecule has 0 aliphatic heterocycles. The van der Waals surface area contributed by atoms with Crippen LogP contribution in [-0.2, 0) is 12.8 Å². The zero-order valence-corrected chi connectivity index (χ0v) is 12.6. The molecule has 1 N–H and O–H groups in total. The highest BCUT2D eigenvalue weighted by Gasteiger charge is 2.30. The van der Waals surface area contributed by atoms with Crippen molar-refractivity contribution in [3.63, 3.8) is 0 Å². The molecule has 4 atom stereocenters. The van der Waals surface area contributed by atoms with Gasteiger partial charge in [0.15, 0.2) is 0 Å². The summed E-state index contributed by atoms with van der Waals surface area (Å²) < 4.78 is 0. The van der Waals surface area contributed by atoms with Crippen molar-refractivity contribution in [2.24, 2.45) is 11.8 Å². The van der Waals surface area contributed by atoms with Crippen LogP contribution in [0, 0.1) is 11.8 Å². The fourth-order valence-corrected chi connectivity index (χ4v) is 3.88. The first-order valence-corrected chi connectivity index (χ1v) is 8.03. The lowest BCUT2D eigenvalue weighted by molar-refractivity contribution is 0.347. The average Bonchev–Trinajstić information content (AvgIpc) is 2.99. The quantitative estimate of drug-likeness (QED) is 0.853. The van der Waals surface area contributed by atoms with E-state index in [1.807, 2.05) is 0 Å². The fourth-order valence-electron chi connectivity index (χ4n) is 3.88. The minimum Gasteiger partial charge on any atom is -0.307 e. The van der Waals surface area contributed by atoms with Gasteiger partial charge in [0.25, 0.3) is 0 Å². The minimum atomic E-state index is 0.489. The van der Waals surface area contributed by atoms with Crippen LogP contribution in [0.3, 0.4) is 0 Å². The number of benzene rings is 1. The maximum atomic E-state index is 3.87. The van der Waals surface area contributed by atoms with Crippen molar-refractivity contribution in [3.8, 4) is 0 Å². The standard InChI is InChI=1S/C18H27N/c1-12-7-10-18(13(12)2)19-14(3)16-9-8-15-5-4-6-17(15)11-16/h8-9,11-14,18-19H,4-7,10H2,1-3H3. The van der Waals surface area contributed by atoms with Gasteiger partial charge in [0.1, 0.15) is 0 Å². The second-order valence-corrected chi connectivity index (χ2v) is 6.79. The smallest absolute Gasteiger partial charge is 0.0294 e. The molecule has 1 nitrogen and oxygen atoms in total. The molecule has 19 heavy (non-hydrogen) atoms. The first-order valence-electron chi connectivity index (χ1n) is 8.03. The van der Waals surface area contributed by atoms with Crippen molar-refractivity contribution in [3.05, 3.63) is 34.9 Å². The molecule has 4 unspecified atom stereocenters. The Labute approximate surface area is 117 Å². The molecule has 1 fully saturated rings. The molecule has 2 aliphatic carbocycles. The van der Waals surface area contributed by atoms with Crippen LogP contribution in [0.2, 0.25) is 0 Å². The van der Waals surface area contributed by atoms with Crippen molar-refractivity contribution in [1.29, 1.82) is 0 Å². The monoisotopic (exact) mass is 257 g/mol. The molecule has 1 aromatic carbocycles. The topological polar surface area (TPSA) is 12.0 Å². The van der Waals surface area contributed by atoms with Gasteiger partial charge in [0.2, 0.25) is 0 Å². The van der Waals surface area contributed by atoms with E-state index in [4.69, 9.17) is 0 Å². The molecule has 1 saturated carbocycles. The minimum absolute atomic E-state index is 0.489. The van der Waals surface area contributed by atoms with Gasteiger partial charge in [-0.15, -0.1) is 0 Å². The van der Waals surface area contributed by atoms with Crippen molar-refractivity contribution < 1.29 is 0 Å². The number of rotatable bonds is 3. The number of aryl methyl sites for hydroxylation is 2. The third-order valence-electron chi connectivity index (χ3n) is 5.55. The average molecular weight is 257 g/mol. The molecule has 0 radical (unpaired) electrons. The van der Waals surface area contributed by atoms with Gasteiger partial charge in [-0.1, -0.05) is 32.0 Å². The zero-order chi connectivity index (χ0) is 13.4. The lowest BCUT2D eigenvalue weighted by Crippen LogP contribution is -2.34. The Morgan fingerprint density at radius 1 is 1.11 bits per heavy atom. The van der Waals surface area contributed by atoms with Gasteiger partial charge < -0.3 is 5.32 Å². The second-order valence-electron chi connectivity index (χ2n) is 6.79. The maximum Gasteiger partial charge on any atom is 0.0294 e. The van der Waals surface area contributed by atoms with Crippen LogP contribution in [0.1, 0.15) is 62.8 Å². The highest BCUT2D eigenvalue weighted by molar-refractivity contribution is 5.36. The van der Waals surface area contributed by atoms with E-state index in [-0.39, 0.29) is 0 Å². The van der Waals surface area contributed by atoms with Crippen LogP contribution in [0.15, 0.2) is 18.2 Å². The highest BCUT2D eigenvalue weighted by atomic mass is 15.0. The van der Waals surface area contributed by atoms with Crippen LogP contribution in [0.25, 0.3) is 0 Å². The van der Waals surface area contributed by atoms with E-state index in [1.165, 1.54) is 37.7 Å². The fraction of sp³-hybridized carbons (Fsp3) is 0.667. The maximum absolute atomic E-state index is 3.87. The second kappa shape index (κ2) is 5.28. The van der Waals surface area contributed by atoms with Gasteiger partial charge >= 0.3 is 0 Å². The highest BCUT2D eigenvalue weighted by Crippen LogP contribution is 2.33. The lowest BCUT2D eigenvalue weighted by Gasteiger charge is -2.25. The number of nitrogens with one attached hydrogen (secondary N) is 1. The molecular formula is C18H27N. The van der Waals surface area contributed by atoms with Gasteiger partial charge in [-0.05, 0) is 67.6 Å². The first-order chi connectivity index (χ1) is 9.15. The summed E-state index contributed by atoms with van der Waals surface area (Å²) in [4.78, 5) is 0. The SMILES string of the molecule is CC(NC1CCC(C)C1C)c1ccc2c(c1)CCC2. The number of hydrogen-bond donors (Lipinski definition) is 1. The molecule has 2 aliphatic rings. The summed E-state index contributed by atoms with van der Waals surface area (Å²) in [6, 6.07) is 8.34. The Morgan fingerprint density at radius 3 is 2.63 bits per heavy atom. The van der Waals surface area contributed by atoms with E-state index in [1.54, 1.807) is 11.1 Å². The zero-order valence-electron chi connectivity index (χ0n) is 12.6. The van der Waals surface area contributed by atoms with Crippen LogP contribution in [0.5, 0.6) is 0 Å². The first kappa shape index (κ1) is 13.2. The molecule has 3 rings (SSSR count). The van der Waals surface area contributed by atoms with E-state index in [0.29, 0.717) is 12.1 Å². The summed E-state index contributed by atoms with van der Waals surface area (Å²) in [6.07, 6.45) is 6.65. The Hall–Kier alpha value is -0.820.